The van der Waals surface area contributed by atoms with E-state index >= 15 is 0 Å². The van der Waals surface area contributed by atoms with Crippen LogP contribution in [-0.2, 0) is 0 Å². The van der Waals surface area contributed by atoms with Crippen LogP contribution in [0.5, 0.6) is 11.6 Å². The second kappa shape index (κ2) is 5.99. The van der Waals surface area contributed by atoms with Gasteiger partial charge in [-0.25, -0.2) is 9.37 Å². The Hall–Kier alpha value is -1.65. The monoisotopic (exact) mass is 280 g/mol. The predicted molar refractivity (Wildman–Crippen MR) is 73.2 cm³/mol. The van der Waals surface area contributed by atoms with Gasteiger partial charge >= 0.3 is 0 Å². The fraction of sp³-hybridized carbons (Fsp3) is 0.214. The molecule has 1 unspecified atom stereocenters. The molecule has 0 fully saturated rings. The van der Waals surface area contributed by atoms with E-state index in [-0.39, 0.29) is 16.8 Å². The van der Waals surface area contributed by atoms with E-state index in [2.05, 4.69) is 10.3 Å². The van der Waals surface area contributed by atoms with Crippen LogP contribution in [0.25, 0.3) is 0 Å². The molecule has 1 heterocycles. The number of pyridine rings is 1. The summed E-state index contributed by atoms with van der Waals surface area (Å²) in [5, 5.41) is 3.14. The van der Waals surface area contributed by atoms with Gasteiger partial charge in [-0.1, -0.05) is 17.7 Å². The van der Waals surface area contributed by atoms with Gasteiger partial charge in [-0.15, -0.1) is 0 Å². The number of ether oxygens (including phenoxy) is 1. The van der Waals surface area contributed by atoms with Crippen molar-refractivity contribution in [2.75, 3.05) is 7.05 Å². The maximum absolute atomic E-state index is 13.7. The molecule has 2 aromatic rings. The van der Waals surface area contributed by atoms with Crippen molar-refractivity contribution in [2.24, 2.45) is 0 Å². The molecule has 2 rings (SSSR count). The molecule has 0 bridgehead atoms. The van der Waals surface area contributed by atoms with E-state index in [4.69, 9.17) is 16.3 Å². The summed E-state index contributed by atoms with van der Waals surface area (Å²) in [6.07, 6.45) is 1.63. The van der Waals surface area contributed by atoms with Gasteiger partial charge in [-0.05, 0) is 37.7 Å². The molecular weight excluding hydrogens is 267 g/mol. The van der Waals surface area contributed by atoms with Crippen LogP contribution >= 0.6 is 11.6 Å². The van der Waals surface area contributed by atoms with Crippen molar-refractivity contribution >= 4 is 11.6 Å². The molecular formula is C14H14ClFN2O. The number of rotatable bonds is 4. The molecule has 100 valence electrons. The first kappa shape index (κ1) is 13.8. The third-order valence-electron chi connectivity index (χ3n) is 2.82. The third-order valence-corrected chi connectivity index (χ3v) is 3.11. The molecule has 1 N–H and O–H groups in total. The normalized spacial score (nSPS) is 12.2. The van der Waals surface area contributed by atoms with E-state index < -0.39 is 5.82 Å². The highest BCUT2D eigenvalue weighted by Gasteiger charge is 2.10. The smallest absolute Gasteiger partial charge is 0.219 e. The summed E-state index contributed by atoms with van der Waals surface area (Å²) < 4.78 is 19.1. The zero-order valence-electron chi connectivity index (χ0n) is 10.7. The zero-order valence-corrected chi connectivity index (χ0v) is 11.4. The Morgan fingerprint density at radius 1 is 1.37 bits per heavy atom. The number of nitrogens with one attached hydrogen (secondary N) is 1. The van der Waals surface area contributed by atoms with E-state index in [0.717, 1.165) is 5.56 Å². The lowest BCUT2D eigenvalue weighted by Gasteiger charge is -2.12. The molecule has 0 amide bonds. The molecule has 0 saturated carbocycles. The quantitative estimate of drug-likeness (QED) is 0.921. The van der Waals surface area contributed by atoms with E-state index in [0.29, 0.717) is 5.88 Å². The lowest BCUT2D eigenvalue weighted by molar-refractivity contribution is 0.426. The number of benzene rings is 1. The number of halogens is 2. The number of nitrogens with zero attached hydrogens (tertiary/aromatic N) is 1. The summed E-state index contributed by atoms with van der Waals surface area (Å²) in [5.74, 6) is -0.187. The zero-order chi connectivity index (χ0) is 13.8. The largest absolute Gasteiger partial charge is 0.436 e. The first-order valence-electron chi connectivity index (χ1n) is 5.87. The van der Waals surface area contributed by atoms with E-state index in [1.165, 1.54) is 12.1 Å². The summed E-state index contributed by atoms with van der Waals surface area (Å²) in [6, 6.07) is 8.41. The summed E-state index contributed by atoms with van der Waals surface area (Å²) in [5.41, 5.74) is 1.01. The van der Waals surface area contributed by atoms with Crippen molar-refractivity contribution in [3.05, 3.63) is 52.9 Å². The highest BCUT2D eigenvalue weighted by atomic mass is 35.5. The molecule has 0 aliphatic rings. The molecule has 1 atom stereocenters. The van der Waals surface area contributed by atoms with Gasteiger partial charge in [-0.3, -0.25) is 0 Å². The second-order valence-corrected chi connectivity index (χ2v) is 4.50. The van der Waals surface area contributed by atoms with Crippen molar-refractivity contribution in [1.82, 2.24) is 10.3 Å². The van der Waals surface area contributed by atoms with Crippen molar-refractivity contribution < 1.29 is 9.13 Å². The minimum absolute atomic E-state index is 0.0252. The van der Waals surface area contributed by atoms with Crippen LogP contribution < -0.4 is 10.1 Å². The van der Waals surface area contributed by atoms with Gasteiger partial charge in [0.25, 0.3) is 0 Å². The third kappa shape index (κ3) is 3.22. The molecule has 1 aromatic carbocycles. The number of aromatic nitrogens is 1. The average molecular weight is 281 g/mol. The molecule has 1 aromatic heterocycles. The highest BCUT2D eigenvalue weighted by Crippen LogP contribution is 2.28. The summed E-state index contributed by atoms with van der Waals surface area (Å²) in [6.45, 7) is 2.01. The number of hydrogen-bond donors (Lipinski definition) is 1. The molecule has 0 spiro atoms. The van der Waals surface area contributed by atoms with E-state index in [9.17, 15) is 4.39 Å². The topological polar surface area (TPSA) is 34.2 Å². The molecule has 0 radical (unpaired) electrons. The minimum atomic E-state index is -0.585. The van der Waals surface area contributed by atoms with Crippen LogP contribution in [0.15, 0.2) is 36.5 Å². The lowest BCUT2D eigenvalue weighted by atomic mass is 10.1. The van der Waals surface area contributed by atoms with Crippen LogP contribution in [0.2, 0.25) is 5.02 Å². The molecule has 5 heteroatoms. The molecule has 0 aliphatic heterocycles. The van der Waals surface area contributed by atoms with E-state index in [1.807, 2.05) is 20.0 Å². The Morgan fingerprint density at radius 3 is 2.89 bits per heavy atom. The van der Waals surface area contributed by atoms with Crippen LogP contribution in [0.4, 0.5) is 4.39 Å². The van der Waals surface area contributed by atoms with Crippen molar-refractivity contribution in [3.8, 4) is 11.6 Å². The Balaban J connectivity index is 2.26. The van der Waals surface area contributed by atoms with Gasteiger partial charge in [0.1, 0.15) is 0 Å². The van der Waals surface area contributed by atoms with Crippen molar-refractivity contribution in [3.63, 3.8) is 0 Å². The van der Waals surface area contributed by atoms with Gasteiger partial charge in [-0.2, -0.15) is 0 Å². The Morgan fingerprint density at radius 2 is 2.16 bits per heavy atom. The number of hydrogen-bond acceptors (Lipinski definition) is 3. The van der Waals surface area contributed by atoms with Gasteiger partial charge in [0.2, 0.25) is 5.88 Å². The maximum Gasteiger partial charge on any atom is 0.219 e. The average Bonchev–Trinajstić information content (AvgIpc) is 2.43. The van der Waals surface area contributed by atoms with Crippen LogP contribution in [0, 0.1) is 5.82 Å². The standard InChI is InChI=1S/C14H14ClFN2O/c1-9(17-2)10-6-7-18-13(8-10)19-12-5-3-4-11(15)14(12)16/h3-9,17H,1-2H3. The molecule has 3 nitrogen and oxygen atoms in total. The van der Waals surface area contributed by atoms with Crippen molar-refractivity contribution in [1.29, 1.82) is 0 Å². The Kier molecular flexibility index (Phi) is 4.35. The Labute approximate surface area is 116 Å². The van der Waals surface area contributed by atoms with Gasteiger partial charge in [0, 0.05) is 18.3 Å². The SMILES string of the molecule is CNC(C)c1ccnc(Oc2cccc(Cl)c2F)c1. The van der Waals surface area contributed by atoms with Crippen LogP contribution in [0.3, 0.4) is 0 Å². The van der Waals surface area contributed by atoms with Crippen molar-refractivity contribution in [2.45, 2.75) is 13.0 Å². The fourth-order valence-electron chi connectivity index (χ4n) is 1.59. The maximum atomic E-state index is 13.7. The minimum Gasteiger partial charge on any atom is -0.436 e. The summed E-state index contributed by atoms with van der Waals surface area (Å²) >= 11 is 5.70. The van der Waals surface area contributed by atoms with E-state index in [1.54, 1.807) is 18.3 Å². The first-order chi connectivity index (χ1) is 9.11. The molecule has 0 aliphatic carbocycles. The van der Waals surface area contributed by atoms with Gasteiger partial charge < -0.3 is 10.1 Å². The van der Waals surface area contributed by atoms with Crippen LogP contribution in [0.1, 0.15) is 18.5 Å². The predicted octanol–water partition coefficient (Wildman–Crippen LogP) is 3.95. The Bertz CT molecular complexity index is 577. The van der Waals surface area contributed by atoms with Gasteiger partial charge in [0.05, 0.1) is 5.02 Å². The first-order valence-corrected chi connectivity index (χ1v) is 6.24. The summed E-state index contributed by atoms with van der Waals surface area (Å²) in [7, 11) is 1.86. The molecule has 0 saturated heterocycles. The van der Waals surface area contributed by atoms with Crippen LogP contribution in [-0.4, -0.2) is 12.0 Å². The molecule has 19 heavy (non-hydrogen) atoms. The second-order valence-electron chi connectivity index (χ2n) is 4.09. The highest BCUT2D eigenvalue weighted by molar-refractivity contribution is 6.30. The fourth-order valence-corrected chi connectivity index (χ4v) is 1.76. The summed E-state index contributed by atoms with van der Waals surface area (Å²) in [4.78, 5) is 4.06. The van der Waals surface area contributed by atoms with Gasteiger partial charge in [0.15, 0.2) is 11.6 Å². The lowest BCUT2D eigenvalue weighted by Crippen LogP contribution is -2.12.